The number of rotatable bonds is 8. The number of amides is 1. The van der Waals surface area contributed by atoms with E-state index in [9.17, 15) is 13.2 Å². The van der Waals surface area contributed by atoms with Crippen LogP contribution in [0.15, 0.2) is 83.8 Å². The minimum Gasteiger partial charge on any atom is -0.352 e. The largest absolute Gasteiger partial charge is 0.352 e. The zero-order valence-electron chi connectivity index (χ0n) is 16.6. The molecule has 0 saturated heterocycles. The number of halogens is 1. The Morgan fingerprint density at radius 1 is 0.967 bits per heavy atom. The molecule has 0 aliphatic carbocycles. The van der Waals surface area contributed by atoms with Gasteiger partial charge in [0.2, 0.25) is 0 Å². The molecular formula is C23H23ClN2O3S. The van der Waals surface area contributed by atoms with Gasteiger partial charge in [-0.2, -0.15) is 0 Å². The molecule has 0 saturated carbocycles. The number of hydrogen-bond donors (Lipinski definition) is 1. The lowest BCUT2D eigenvalue weighted by Crippen LogP contribution is -2.28. The number of aryl methyl sites for hydroxylation is 1. The molecule has 1 amide bonds. The lowest BCUT2D eigenvalue weighted by molar-refractivity contribution is 0.0953. The quantitative estimate of drug-likeness (QED) is 0.521. The fraction of sp³-hybridized carbons (Fsp3) is 0.174. The van der Waals surface area contributed by atoms with Gasteiger partial charge >= 0.3 is 0 Å². The second kappa shape index (κ2) is 9.78. The summed E-state index contributed by atoms with van der Waals surface area (Å²) in [6.45, 7) is 0.463. The zero-order valence-corrected chi connectivity index (χ0v) is 18.2. The Bertz CT molecular complexity index is 1120. The molecule has 0 radical (unpaired) electrons. The average molecular weight is 443 g/mol. The van der Waals surface area contributed by atoms with Crippen LogP contribution in [-0.2, 0) is 16.4 Å². The number of nitrogens with zero attached hydrogens (tertiary/aromatic N) is 1. The number of carbonyl (C=O) groups excluding carboxylic acids is 1. The Balaban J connectivity index is 1.64. The van der Waals surface area contributed by atoms with E-state index in [-0.39, 0.29) is 10.8 Å². The molecule has 30 heavy (non-hydrogen) atoms. The lowest BCUT2D eigenvalue weighted by atomic mass is 10.1. The first kappa shape index (κ1) is 21.9. The molecule has 0 atom stereocenters. The van der Waals surface area contributed by atoms with Crippen LogP contribution in [0.3, 0.4) is 0 Å². The van der Waals surface area contributed by atoms with Crippen LogP contribution in [0.1, 0.15) is 22.3 Å². The second-order valence-electron chi connectivity index (χ2n) is 6.79. The van der Waals surface area contributed by atoms with Gasteiger partial charge < -0.3 is 5.32 Å². The zero-order chi connectivity index (χ0) is 21.6. The smallest absolute Gasteiger partial charge is 0.264 e. The summed E-state index contributed by atoms with van der Waals surface area (Å²) in [5.41, 5.74) is 1.88. The van der Waals surface area contributed by atoms with E-state index in [1.165, 1.54) is 23.5 Å². The van der Waals surface area contributed by atoms with Crippen LogP contribution in [-0.4, -0.2) is 27.9 Å². The SMILES string of the molecule is CN(c1ccccc1)S(=O)(=O)c1cccc(C(=O)NCCCc2ccccc2Cl)c1. The highest BCUT2D eigenvalue weighted by molar-refractivity contribution is 7.92. The van der Waals surface area contributed by atoms with Gasteiger partial charge in [-0.25, -0.2) is 8.42 Å². The van der Waals surface area contributed by atoms with Crippen LogP contribution < -0.4 is 9.62 Å². The van der Waals surface area contributed by atoms with Crippen molar-refractivity contribution < 1.29 is 13.2 Å². The first-order valence-electron chi connectivity index (χ1n) is 9.55. The Labute approximate surface area is 182 Å². The molecule has 0 unspecified atom stereocenters. The fourth-order valence-electron chi connectivity index (χ4n) is 3.02. The van der Waals surface area contributed by atoms with Crippen molar-refractivity contribution in [2.75, 3.05) is 17.9 Å². The van der Waals surface area contributed by atoms with Crippen molar-refractivity contribution in [1.29, 1.82) is 0 Å². The van der Waals surface area contributed by atoms with Crippen molar-refractivity contribution in [3.8, 4) is 0 Å². The maximum absolute atomic E-state index is 12.9. The Kier molecular flexibility index (Phi) is 7.13. The van der Waals surface area contributed by atoms with Crippen molar-refractivity contribution >= 4 is 33.2 Å². The highest BCUT2D eigenvalue weighted by Gasteiger charge is 2.22. The summed E-state index contributed by atoms with van der Waals surface area (Å²) in [6.07, 6.45) is 1.47. The van der Waals surface area contributed by atoms with Crippen molar-refractivity contribution in [2.45, 2.75) is 17.7 Å². The van der Waals surface area contributed by atoms with E-state index in [0.717, 1.165) is 18.4 Å². The number of benzene rings is 3. The number of carbonyl (C=O) groups is 1. The van der Waals surface area contributed by atoms with Gasteiger partial charge in [0.05, 0.1) is 10.6 Å². The van der Waals surface area contributed by atoms with E-state index in [1.807, 2.05) is 30.3 Å². The van der Waals surface area contributed by atoms with Gasteiger partial charge in [-0.1, -0.05) is 54.1 Å². The molecule has 0 heterocycles. The van der Waals surface area contributed by atoms with Crippen molar-refractivity contribution in [2.24, 2.45) is 0 Å². The van der Waals surface area contributed by atoms with E-state index in [2.05, 4.69) is 5.32 Å². The van der Waals surface area contributed by atoms with Gasteiger partial charge in [-0.05, 0) is 54.8 Å². The van der Waals surface area contributed by atoms with Gasteiger partial charge in [0.15, 0.2) is 0 Å². The van der Waals surface area contributed by atoms with E-state index >= 15 is 0 Å². The predicted octanol–water partition coefficient (Wildman–Crippen LogP) is 4.53. The molecule has 3 aromatic rings. The van der Waals surface area contributed by atoms with Gasteiger partial charge in [0.1, 0.15) is 0 Å². The molecular weight excluding hydrogens is 420 g/mol. The summed E-state index contributed by atoms with van der Waals surface area (Å²) in [7, 11) is -2.28. The minimum atomic E-state index is -3.78. The van der Waals surface area contributed by atoms with Crippen LogP contribution in [0.5, 0.6) is 0 Å². The van der Waals surface area contributed by atoms with Crippen LogP contribution in [0.4, 0.5) is 5.69 Å². The predicted molar refractivity (Wildman–Crippen MR) is 121 cm³/mol. The third kappa shape index (κ3) is 5.20. The first-order chi connectivity index (χ1) is 14.4. The molecule has 3 rings (SSSR count). The van der Waals surface area contributed by atoms with E-state index in [0.29, 0.717) is 22.8 Å². The van der Waals surface area contributed by atoms with Crippen LogP contribution >= 0.6 is 11.6 Å². The molecule has 0 spiro atoms. The second-order valence-corrected chi connectivity index (χ2v) is 9.16. The Hall–Kier alpha value is -2.83. The van der Waals surface area contributed by atoms with E-state index in [4.69, 9.17) is 11.6 Å². The normalized spacial score (nSPS) is 11.1. The van der Waals surface area contributed by atoms with Gasteiger partial charge in [0.25, 0.3) is 15.9 Å². The molecule has 1 N–H and O–H groups in total. The Morgan fingerprint density at radius 3 is 2.40 bits per heavy atom. The van der Waals surface area contributed by atoms with Crippen molar-refractivity contribution in [3.63, 3.8) is 0 Å². The highest BCUT2D eigenvalue weighted by atomic mass is 35.5. The summed E-state index contributed by atoms with van der Waals surface area (Å²) in [5.74, 6) is -0.312. The van der Waals surface area contributed by atoms with Gasteiger partial charge in [-0.15, -0.1) is 0 Å². The molecule has 0 aliphatic heterocycles. The average Bonchev–Trinajstić information content (AvgIpc) is 2.77. The van der Waals surface area contributed by atoms with E-state index < -0.39 is 10.0 Å². The molecule has 0 fully saturated rings. The maximum Gasteiger partial charge on any atom is 0.264 e. The summed E-state index contributed by atoms with van der Waals surface area (Å²) in [5, 5.41) is 3.55. The summed E-state index contributed by atoms with van der Waals surface area (Å²) in [4.78, 5) is 12.6. The van der Waals surface area contributed by atoms with Gasteiger partial charge in [0, 0.05) is 24.2 Å². The third-order valence-corrected chi connectivity index (χ3v) is 6.89. The standard InChI is InChI=1S/C23H23ClN2O3S/c1-26(20-12-3-2-4-13-20)30(28,29)21-14-7-10-19(17-21)23(27)25-16-8-11-18-9-5-6-15-22(18)24/h2-7,9-10,12-15,17H,8,11,16H2,1H3,(H,25,27). The molecule has 7 heteroatoms. The summed E-state index contributed by atoms with van der Waals surface area (Å²) in [6, 6.07) is 22.5. The number of hydrogen-bond acceptors (Lipinski definition) is 3. The summed E-state index contributed by atoms with van der Waals surface area (Å²) >= 11 is 6.14. The first-order valence-corrected chi connectivity index (χ1v) is 11.4. The number of para-hydroxylation sites is 1. The number of nitrogens with one attached hydrogen (secondary N) is 1. The molecule has 5 nitrogen and oxygen atoms in total. The molecule has 0 aromatic heterocycles. The highest BCUT2D eigenvalue weighted by Crippen LogP contribution is 2.22. The molecule has 0 aliphatic rings. The monoisotopic (exact) mass is 442 g/mol. The van der Waals surface area contributed by atoms with Crippen LogP contribution in [0.25, 0.3) is 0 Å². The van der Waals surface area contributed by atoms with Crippen LogP contribution in [0.2, 0.25) is 5.02 Å². The third-order valence-electron chi connectivity index (χ3n) is 4.74. The van der Waals surface area contributed by atoms with Crippen molar-refractivity contribution in [1.82, 2.24) is 5.32 Å². The fourth-order valence-corrected chi connectivity index (χ4v) is 4.49. The number of sulfonamides is 1. The molecule has 0 bridgehead atoms. The van der Waals surface area contributed by atoms with Crippen molar-refractivity contribution in [3.05, 3.63) is 95.0 Å². The minimum absolute atomic E-state index is 0.0672. The lowest BCUT2D eigenvalue weighted by Gasteiger charge is -2.19. The van der Waals surface area contributed by atoms with Gasteiger partial charge in [-0.3, -0.25) is 9.10 Å². The molecule has 3 aromatic carbocycles. The van der Waals surface area contributed by atoms with E-state index in [1.54, 1.807) is 36.4 Å². The topological polar surface area (TPSA) is 66.5 Å². The number of anilines is 1. The summed E-state index contributed by atoms with van der Waals surface area (Å²) < 4.78 is 27.1. The molecule has 156 valence electrons. The Morgan fingerprint density at radius 2 is 1.67 bits per heavy atom. The van der Waals surface area contributed by atoms with Crippen LogP contribution in [0, 0.1) is 0 Å². The maximum atomic E-state index is 12.9.